The number of nitrogens with zero attached hydrogens (tertiary/aromatic N) is 5. The highest BCUT2D eigenvalue weighted by Gasteiger charge is 2.28. The Labute approximate surface area is 153 Å². The van der Waals surface area contributed by atoms with Crippen molar-refractivity contribution in [2.24, 2.45) is 7.05 Å². The lowest BCUT2D eigenvalue weighted by Gasteiger charge is -2.31. The van der Waals surface area contributed by atoms with Gasteiger partial charge < -0.3 is 14.0 Å². The lowest BCUT2D eigenvalue weighted by atomic mass is 9.95. The van der Waals surface area contributed by atoms with E-state index in [4.69, 9.17) is 0 Å². The molecule has 0 saturated carbocycles. The Morgan fingerprint density at radius 1 is 1.12 bits per heavy atom. The van der Waals surface area contributed by atoms with E-state index >= 15 is 0 Å². The van der Waals surface area contributed by atoms with Gasteiger partial charge >= 0.3 is 0 Å². The van der Waals surface area contributed by atoms with E-state index in [2.05, 4.69) is 26.9 Å². The quantitative estimate of drug-likeness (QED) is 0.728. The third kappa shape index (κ3) is 3.27. The van der Waals surface area contributed by atoms with E-state index in [1.165, 1.54) is 5.56 Å². The van der Waals surface area contributed by atoms with Gasteiger partial charge in [0.15, 0.2) is 0 Å². The molecule has 6 heteroatoms. The predicted octanol–water partition coefficient (Wildman–Crippen LogP) is 2.68. The molecule has 0 aliphatic carbocycles. The number of carbonyl (C=O) groups is 1. The first-order valence-corrected chi connectivity index (χ1v) is 9.04. The van der Waals surface area contributed by atoms with Crippen molar-refractivity contribution >= 4 is 5.91 Å². The van der Waals surface area contributed by atoms with E-state index in [9.17, 15) is 4.79 Å². The van der Waals surface area contributed by atoms with Crippen molar-refractivity contribution in [2.75, 3.05) is 13.1 Å². The molecule has 26 heavy (non-hydrogen) atoms. The fourth-order valence-electron chi connectivity index (χ4n) is 3.67. The zero-order chi connectivity index (χ0) is 17.9. The van der Waals surface area contributed by atoms with Crippen molar-refractivity contribution in [3.63, 3.8) is 0 Å². The molecule has 0 N–H and O–H groups in total. The molecule has 2 aromatic heterocycles. The summed E-state index contributed by atoms with van der Waals surface area (Å²) in [6.45, 7) is 2.30. The molecule has 1 saturated heterocycles. The molecule has 1 aromatic carbocycles. The number of likely N-dealkylation sites (tertiary alicyclic amines) is 1. The summed E-state index contributed by atoms with van der Waals surface area (Å²) in [6, 6.07) is 14.1. The Kier molecular flexibility index (Phi) is 4.56. The number of benzene rings is 1. The van der Waals surface area contributed by atoms with Crippen LogP contribution >= 0.6 is 0 Å². The van der Waals surface area contributed by atoms with Gasteiger partial charge in [-0.1, -0.05) is 30.3 Å². The number of aromatic nitrogens is 4. The van der Waals surface area contributed by atoms with Crippen LogP contribution in [-0.4, -0.2) is 43.2 Å². The van der Waals surface area contributed by atoms with Crippen LogP contribution in [0.4, 0.5) is 0 Å². The van der Waals surface area contributed by atoms with Crippen molar-refractivity contribution in [1.82, 2.24) is 24.2 Å². The number of piperidine rings is 1. The first kappa shape index (κ1) is 16.6. The molecular formula is C20H23N5O. The van der Waals surface area contributed by atoms with Gasteiger partial charge in [-0.3, -0.25) is 4.79 Å². The molecule has 3 heterocycles. The molecule has 4 rings (SSSR count). The van der Waals surface area contributed by atoms with E-state index in [-0.39, 0.29) is 5.91 Å². The SMILES string of the molecule is Cn1cccc1C(=O)N1CCC(c2nncn2Cc2ccccc2)CC1. The molecule has 1 amide bonds. The average Bonchev–Trinajstić information content (AvgIpc) is 3.31. The van der Waals surface area contributed by atoms with Gasteiger partial charge in [-0.05, 0) is 30.5 Å². The van der Waals surface area contributed by atoms with Gasteiger partial charge in [-0.25, -0.2) is 0 Å². The Hall–Kier alpha value is -2.89. The largest absolute Gasteiger partial charge is 0.347 e. The van der Waals surface area contributed by atoms with Crippen LogP contribution in [0.25, 0.3) is 0 Å². The number of hydrogen-bond acceptors (Lipinski definition) is 3. The molecular weight excluding hydrogens is 326 g/mol. The fraction of sp³-hybridized carbons (Fsp3) is 0.350. The van der Waals surface area contributed by atoms with Gasteiger partial charge in [0.1, 0.15) is 17.8 Å². The van der Waals surface area contributed by atoms with Crippen LogP contribution in [0.15, 0.2) is 55.0 Å². The van der Waals surface area contributed by atoms with E-state index in [0.29, 0.717) is 5.92 Å². The number of hydrogen-bond donors (Lipinski definition) is 0. The molecule has 0 atom stereocenters. The average molecular weight is 349 g/mol. The minimum Gasteiger partial charge on any atom is -0.347 e. The number of amides is 1. The van der Waals surface area contributed by atoms with Crippen LogP contribution < -0.4 is 0 Å². The third-order valence-electron chi connectivity index (χ3n) is 5.15. The summed E-state index contributed by atoms with van der Waals surface area (Å²) in [5.41, 5.74) is 1.99. The summed E-state index contributed by atoms with van der Waals surface area (Å²) >= 11 is 0. The third-order valence-corrected chi connectivity index (χ3v) is 5.15. The lowest BCUT2D eigenvalue weighted by molar-refractivity contribution is 0.0700. The number of carbonyl (C=O) groups excluding carboxylic acids is 1. The Bertz CT molecular complexity index is 875. The van der Waals surface area contributed by atoms with Gasteiger partial charge in [0.25, 0.3) is 5.91 Å². The molecule has 1 aliphatic heterocycles. The van der Waals surface area contributed by atoms with E-state index < -0.39 is 0 Å². The van der Waals surface area contributed by atoms with E-state index in [0.717, 1.165) is 44.0 Å². The molecule has 6 nitrogen and oxygen atoms in total. The summed E-state index contributed by atoms with van der Waals surface area (Å²) in [7, 11) is 1.91. The van der Waals surface area contributed by atoms with Crippen LogP contribution in [0.2, 0.25) is 0 Å². The maximum absolute atomic E-state index is 12.7. The van der Waals surface area contributed by atoms with Crippen molar-refractivity contribution in [1.29, 1.82) is 0 Å². The normalized spacial score (nSPS) is 15.3. The lowest BCUT2D eigenvalue weighted by Crippen LogP contribution is -2.39. The maximum Gasteiger partial charge on any atom is 0.270 e. The molecule has 1 fully saturated rings. The Morgan fingerprint density at radius 3 is 2.58 bits per heavy atom. The fourth-order valence-corrected chi connectivity index (χ4v) is 3.67. The topological polar surface area (TPSA) is 56.0 Å². The van der Waals surface area contributed by atoms with Gasteiger partial charge in [-0.2, -0.15) is 0 Å². The highest BCUT2D eigenvalue weighted by molar-refractivity contribution is 5.92. The van der Waals surface area contributed by atoms with E-state index in [1.807, 2.05) is 59.4 Å². The van der Waals surface area contributed by atoms with Gasteiger partial charge in [0.2, 0.25) is 0 Å². The zero-order valence-corrected chi connectivity index (χ0v) is 15.0. The summed E-state index contributed by atoms with van der Waals surface area (Å²) in [5.74, 6) is 1.49. The second-order valence-corrected chi connectivity index (χ2v) is 6.87. The highest BCUT2D eigenvalue weighted by atomic mass is 16.2. The number of aryl methyl sites for hydroxylation is 1. The zero-order valence-electron chi connectivity index (χ0n) is 15.0. The maximum atomic E-state index is 12.7. The van der Waals surface area contributed by atoms with Gasteiger partial charge in [0.05, 0.1) is 6.54 Å². The molecule has 0 spiro atoms. The van der Waals surface area contributed by atoms with Gasteiger partial charge in [0, 0.05) is 32.3 Å². The molecule has 134 valence electrons. The van der Waals surface area contributed by atoms with Crippen LogP contribution in [0.5, 0.6) is 0 Å². The summed E-state index contributed by atoms with van der Waals surface area (Å²) in [6.07, 6.45) is 5.56. The molecule has 0 radical (unpaired) electrons. The Morgan fingerprint density at radius 2 is 1.88 bits per heavy atom. The van der Waals surface area contributed by atoms with Crippen LogP contribution in [0, 0.1) is 0 Å². The van der Waals surface area contributed by atoms with Gasteiger partial charge in [-0.15, -0.1) is 10.2 Å². The molecule has 0 unspecified atom stereocenters. The summed E-state index contributed by atoms with van der Waals surface area (Å²) in [4.78, 5) is 14.6. The van der Waals surface area contributed by atoms with Crippen molar-refractivity contribution < 1.29 is 4.79 Å². The van der Waals surface area contributed by atoms with E-state index in [1.54, 1.807) is 0 Å². The minimum absolute atomic E-state index is 0.113. The first-order valence-electron chi connectivity index (χ1n) is 9.04. The standard InChI is InChI=1S/C20H23N5O/c1-23-11-5-8-18(23)20(26)24-12-9-17(10-13-24)19-22-21-15-25(19)14-16-6-3-2-4-7-16/h2-8,11,15,17H,9-10,12-14H2,1H3. The van der Waals surface area contributed by atoms with Crippen molar-refractivity contribution in [2.45, 2.75) is 25.3 Å². The second kappa shape index (κ2) is 7.15. The Balaban J connectivity index is 1.42. The van der Waals surface area contributed by atoms with Crippen LogP contribution in [0.1, 0.15) is 40.6 Å². The molecule has 1 aliphatic rings. The van der Waals surface area contributed by atoms with Crippen LogP contribution in [-0.2, 0) is 13.6 Å². The van der Waals surface area contributed by atoms with Crippen molar-refractivity contribution in [3.05, 3.63) is 72.1 Å². The minimum atomic E-state index is 0.113. The first-order chi connectivity index (χ1) is 12.7. The monoisotopic (exact) mass is 349 g/mol. The smallest absolute Gasteiger partial charge is 0.270 e. The predicted molar refractivity (Wildman–Crippen MR) is 98.9 cm³/mol. The van der Waals surface area contributed by atoms with Crippen molar-refractivity contribution in [3.8, 4) is 0 Å². The highest BCUT2D eigenvalue weighted by Crippen LogP contribution is 2.27. The van der Waals surface area contributed by atoms with Crippen LogP contribution in [0.3, 0.4) is 0 Å². The molecule has 3 aromatic rings. The number of rotatable bonds is 4. The summed E-state index contributed by atoms with van der Waals surface area (Å²) in [5, 5.41) is 8.50. The molecule has 0 bridgehead atoms. The summed E-state index contributed by atoms with van der Waals surface area (Å²) < 4.78 is 4.01. The second-order valence-electron chi connectivity index (χ2n) is 6.87.